The van der Waals surface area contributed by atoms with Gasteiger partial charge in [0.25, 0.3) is 10.1 Å². The molecule has 0 bridgehead atoms. The second kappa shape index (κ2) is 11.3. The van der Waals surface area contributed by atoms with Crippen LogP contribution in [0, 0.1) is 0 Å². The Morgan fingerprint density at radius 1 is 0.829 bits per heavy atom. The van der Waals surface area contributed by atoms with Crippen LogP contribution in [-0.4, -0.2) is 31.0 Å². The summed E-state index contributed by atoms with van der Waals surface area (Å²) in [7, 11) is -9.87. The van der Waals surface area contributed by atoms with E-state index in [1.165, 1.54) is 6.07 Å². The van der Waals surface area contributed by atoms with E-state index in [1.54, 1.807) is 30.3 Å². The number of aliphatic hydroxyl groups is 1. The van der Waals surface area contributed by atoms with Crippen molar-refractivity contribution in [2.75, 3.05) is 0 Å². The Balaban J connectivity index is 0.00000216. The summed E-state index contributed by atoms with van der Waals surface area (Å²) in [4.78, 5) is -1.70. The molecule has 0 amide bonds. The fraction of sp³-hybridized carbons (Fsp3) is 0.0476. The average molecular weight is 532 g/mol. The molecule has 0 unspecified atom stereocenters. The molecule has 4 rings (SSSR count). The number of benzene rings is 4. The van der Waals surface area contributed by atoms with E-state index in [9.17, 15) is 36.2 Å². The molecule has 0 aliphatic rings. The van der Waals surface area contributed by atoms with Crippen LogP contribution in [0.5, 0.6) is 5.75 Å². The van der Waals surface area contributed by atoms with Gasteiger partial charge in [-0.3, -0.25) is 4.55 Å². The zero-order chi connectivity index (χ0) is 24.0. The smallest absolute Gasteiger partial charge is 0.870 e. The van der Waals surface area contributed by atoms with Gasteiger partial charge in [-0.2, -0.15) is 13.5 Å². The standard InChI is InChI=1S/C21H16N2O8S2.2Na/c24-11-12-7-13-3-1-2-4-16(13)18(8-12)22-23-20-17-6-5-15(32(26,27)28)9-14(17)10-19(21(20)25)33(29,30)31;;/h1-10,24-25H,11H2,(H,26,27,28)(H,29,30,31);;/q;2*+1/p-2. The molecule has 0 atom stereocenters. The molecule has 14 heteroatoms. The predicted molar refractivity (Wildman–Crippen MR) is 115 cm³/mol. The maximum atomic E-state index is 12.8. The van der Waals surface area contributed by atoms with Crippen LogP contribution in [0.15, 0.2) is 80.7 Å². The van der Waals surface area contributed by atoms with E-state index in [0.29, 0.717) is 10.9 Å². The van der Waals surface area contributed by atoms with Crippen LogP contribution in [-0.2, 0) is 26.8 Å². The van der Waals surface area contributed by atoms with E-state index in [2.05, 4.69) is 10.2 Å². The number of hydrogen-bond donors (Lipinski definition) is 2. The predicted octanol–water partition coefficient (Wildman–Crippen LogP) is -2.87. The number of azo groups is 1. The Morgan fingerprint density at radius 2 is 1.51 bits per heavy atom. The van der Waals surface area contributed by atoms with E-state index in [1.807, 2.05) is 0 Å². The SMILES string of the molecule is O=S(=O)([O-])c1ccc2c(N=Nc3cc(CO)cc4ccccc34)c([O-])c(S(=O)(=O)O)cc2c1.[Na+].[Na+]. The van der Waals surface area contributed by atoms with Gasteiger partial charge >= 0.3 is 59.1 Å². The van der Waals surface area contributed by atoms with Crippen molar-refractivity contribution in [3.05, 3.63) is 66.2 Å². The van der Waals surface area contributed by atoms with Gasteiger partial charge < -0.3 is 14.8 Å². The average Bonchev–Trinajstić information content (AvgIpc) is 2.76. The third-order valence-corrected chi connectivity index (χ3v) is 6.60. The van der Waals surface area contributed by atoms with E-state index >= 15 is 0 Å². The molecule has 0 saturated heterocycles. The quantitative estimate of drug-likeness (QED) is 0.156. The first-order valence-corrected chi connectivity index (χ1v) is 12.1. The van der Waals surface area contributed by atoms with Gasteiger partial charge in [0.05, 0.1) is 27.8 Å². The Labute approximate surface area is 244 Å². The molecule has 35 heavy (non-hydrogen) atoms. The minimum absolute atomic E-state index is 0. The number of fused-ring (bicyclic) bond motifs is 2. The topological polar surface area (TPSA) is 180 Å². The summed E-state index contributed by atoms with van der Waals surface area (Å²) >= 11 is 0. The fourth-order valence-corrected chi connectivity index (χ4v) is 4.51. The van der Waals surface area contributed by atoms with E-state index in [4.69, 9.17) is 0 Å². The van der Waals surface area contributed by atoms with Crippen LogP contribution < -0.4 is 64.2 Å². The Hall–Kier alpha value is -1.42. The van der Waals surface area contributed by atoms with Crippen LogP contribution in [0.4, 0.5) is 11.4 Å². The molecule has 0 saturated carbocycles. The van der Waals surface area contributed by atoms with Crippen LogP contribution in [0.3, 0.4) is 0 Å². The first-order chi connectivity index (χ1) is 15.5. The summed E-state index contributed by atoms with van der Waals surface area (Å²) in [6.07, 6.45) is 0. The van der Waals surface area contributed by atoms with Crippen molar-refractivity contribution in [1.29, 1.82) is 0 Å². The van der Waals surface area contributed by atoms with E-state index < -0.39 is 41.5 Å². The largest absolute Gasteiger partial charge is 1.00 e. The monoisotopic (exact) mass is 532 g/mol. The molecule has 0 spiro atoms. The normalized spacial score (nSPS) is 12.0. The Bertz CT molecular complexity index is 1670. The van der Waals surface area contributed by atoms with Crippen molar-refractivity contribution >= 4 is 53.2 Å². The van der Waals surface area contributed by atoms with Crippen molar-refractivity contribution < 1.29 is 95.3 Å². The maximum absolute atomic E-state index is 12.8. The molecule has 4 aromatic rings. The third-order valence-electron chi connectivity index (χ3n) is 4.91. The first kappa shape index (κ1) is 29.8. The fourth-order valence-electron chi connectivity index (χ4n) is 3.40. The van der Waals surface area contributed by atoms with Gasteiger partial charge in [-0.15, -0.1) is 5.11 Å². The number of rotatable bonds is 5. The summed E-state index contributed by atoms with van der Waals surface area (Å²) in [6.45, 7) is -0.284. The molecule has 0 fully saturated rings. The first-order valence-electron chi connectivity index (χ1n) is 9.24. The second-order valence-electron chi connectivity index (χ2n) is 7.06. The van der Waals surface area contributed by atoms with Crippen LogP contribution >= 0.6 is 0 Å². The van der Waals surface area contributed by atoms with Crippen molar-refractivity contribution in [3.63, 3.8) is 0 Å². The van der Waals surface area contributed by atoms with Crippen molar-refractivity contribution in [2.24, 2.45) is 10.2 Å². The van der Waals surface area contributed by atoms with Gasteiger partial charge in [0.1, 0.15) is 10.1 Å². The summed E-state index contributed by atoms with van der Waals surface area (Å²) < 4.78 is 67.0. The molecule has 0 radical (unpaired) electrons. The molecule has 2 N–H and O–H groups in total. The van der Waals surface area contributed by atoms with Crippen molar-refractivity contribution in [1.82, 2.24) is 0 Å². The molecule has 0 aliphatic carbocycles. The number of nitrogens with zero attached hydrogens (tertiary/aromatic N) is 2. The van der Waals surface area contributed by atoms with Gasteiger partial charge in [0.2, 0.25) is 0 Å². The van der Waals surface area contributed by atoms with Gasteiger partial charge in [0, 0.05) is 10.8 Å². The minimum atomic E-state index is -5.00. The number of hydrogen-bond acceptors (Lipinski definition) is 9. The number of aliphatic hydroxyl groups excluding tert-OH is 1. The molecule has 4 aromatic carbocycles. The zero-order valence-electron chi connectivity index (χ0n) is 18.5. The van der Waals surface area contributed by atoms with Crippen LogP contribution in [0.1, 0.15) is 5.56 Å². The zero-order valence-corrected chi connectivity index (χ0v) is 24.2. The summed E-state index contributed by atoms with van der Waals surface area (Å²) in [5.41, 5.74) is 0.320. The molecular formula is C21H14N2Na2O8S2. The summed E-state index contributed by atoms with van der Waals surface area (Å²) in [6, 6.07) is 14.1. The molecule has 0 heterocycles. The molecule has 10 nitrogen and oxygen atoms in total. The van der Waals surface area contributed by atoms with Gasteiger partial charge in [-0.05, 0) is 46.7 Å². The maximum Gasteiger partial charge on any atom is 1.00 e. The van der Waals surface area contributed by atoms with E-state index in [-0.39, 0.29) is 82.2 Å². The molecular weight excluding hydrogens is 518 g/mol. The van der Waals surface area contributed by atoms with Gasteiger partial charge in [0.15, 0.2) is 0 Å². The van der Waals surface area contributed by atoms with Crippen LogP contribution in [0.25, 0.3) is 21.5 Å². The molecule has 170 valence electrons. The Kier molecular flexibility index (Phi) is 9.64. The third kappa shape index (κ3) is 6.29. The summed E-state index contributed by atoms with van der Waals surface area (Å²) in [5, 5.41) is 31.6. The van der Waals surface area contributed by atoms with Crippen molar-refractivity contribution in [2.45, 2.75) is 16.4 Å². The van der Waals surface area contributed by atoms with Gasteiger partial charge in [-0.25, -0.2) is 8.42 Å². The van der Waals surface area contributed by atoms with E-state index in [0.717, 1.165) is 29.7 Å². The van der Waals surface area contributed by atoms with Gasteiger partial charge in [-0.1, -0.05) is 36.1 Å². The minimum Gasteiger partial charge on any atom is -0.870 e. The second-order valence-corrected chi connectivity index (χ2v) is 9.83. The van der Waals surface area contributed by atoms with Crippen molar-refractivity contribution in [3.8, 4) is 5.75 Å². The summed E-state index contributed by atoms with van der Waals surface area (Å²) in [5.74, 6) is -1.16. The molecule has 0 aliphatic heterocycles. The Morgan fingerprint density at radius 3 is 2.14 bits per heavy atom. The molecule has 0 aromatic heterocycles. The van der Waals surface area contributed by atoms with Crippen LogP contribution in [0.2, 0.25) is 0 Å².